The molecule has 0 aliphatic carbocycles. The molecular weight excluding hydrogens is 342 g/mol. The SMILES string of the molecule is Cc1cc(=O)n(CCNC(=O)COc2ccc(-c3ccccc3)cc2)cn1. The van der Waals surface area contributed by atoms with E-state index in [4.69, 9.17) is 4.74 Å². The minimum absolute atomic E-state index is 0.0776. The van der Waals surface area contributed by atoms with Crippen LogP contribution in [0.5, 0.6) is 5.75 Å². The van der Waals surface area contributed by atoms with Crippen molar-refractivity contribution in [2.24, 2.45) is 0 Å². The van der Waals surface area contributed by atoms with Gasteiger partial charge in [-0.2, -0.15) is 0 Å². The zero-order valence-electron chi connectivity index (χ0n) is 15.1. The molecular formula is C21H21N3O3. The summed E-state index contributed by atoms with van der Waals surface area (Å²) in [5, 5.41) is 2.73. The van der Waals surface area contributed by atoms with Crippen LogP contribution < -0.4 is 15.6 Å². The Morgan fingerprint density at radius 2 is 1.78 bits per heavy atom. The lowest BCUT2D eigenvalue weighted by atomic mass is 10.1. The fourth-order valence-corrected chi connectivity index (χ4v) is 2.57. The predicted molar refractivity (Wildman–Crippen MR) is 104 cm³/mol. The van der Waals surface area contributed by atoms with Crippen molar-refractivity contribution in [3.8, 4) is 16.9 Å². The largest absolute Gasteiger partial charge is 0.484 e. The van der Waals surface area contributed by atoms with Crippen LogP contribution in [0, 0.1) is 6.92 Å². The molecule has 1 aromatic heterocycles. The maximum atomic E-state index is 11.9. The Morgan fingerprint density at radius 1 is 1.07 bits per heavy atom. The van der Waals surface area contributed by atoms with Crippen LogP contribution in [-0.2, 0) is 11.3 Å². The summed E-state index contributed by atoms with van der Waals surface area (Å²) in [6, 6.07) is 19.1. The lowest BCUT2D eigenvalue weighted by Crippen LogP contribution is -2.33. The Morgan fingerprint density at radius 3 is 2.48 bits per heavy atom. The number of nitrogens with one attached hydrogen (secondary N) is 1. The van der Waals surface area contributed by atoms with Crippen molar-refractivity contribution in [3.63, 3.8) is 0 Å². The Balaban J connectivity index is 1.44. The van der Waals surface area contributed by atoms with Gasteiger partial charge in [0.05, 0.1) is 6.33 Å². The monoisotopic (exact) mass is 363 g/mol. The van der Waals surface area contributed by atoms with E-state index in [-0.39, 0.29) is 18.1 Å². The Bertz CT molecular complexity index is 950. The molecule has 1 N–H and O–H groups in total. The summed E-state index contributed by atoms with van der Waals surface area (Å²) < 4.78 is 6.96. The molecule has 1 amide bonds. The zero-order chi connectivity index (χ0) is 19.1. The highest BCUT2D eigenvalue weighted by Crippen LogP contribution is 2.21. The summed E-state index contributed by atoms with van der Waals surface area (Å²) in [6.45, 7) is 2.38. The van der Waals surface area contributed by atoms with Gasteiger partial charge in [0, 0.05) is 24.8 Å². The van der Waals surface area contributed by atoms with Crippen molar-refractivity contribution in [1.82, 2.24) is 14.9 Å². The van der Waals surface area contributed by atoms with E-state index in [0.29, 0.717) is 24.5 Å². The highest BCUT2D eigenvalue weighted by molar-refractivity contribution is 5.77. The number of aromatic nitrogens is 2. The molecule has 0 radical (unpaired) electrons. The molecule has 2 aromatic carbocycles. The van der Waals surface area contributed by atoms with Gasteiger partial charge in [-0.05, 0) is 30.2 Å². The predicted octanol–water partition coefficient (Wildman–Crippen LogP) is 2.41. The number of benzene rings is 2. The minimum atomic E-state index is -0.241. The fraction of sp³-hybridized carbons (Fsp3) is 0.190. The molecule has 6 heteroatoms. The number of amides is 1. The summed E-state index contributed by atoms with van der Waals surface area (Å²) in [7, 11) is 0. The average molecular weight is 363 g/mol. The molecule has 0 bridgehead atoms. The quantitative estimate of drug-likeness (QED) is 0.700. The number of carbonyl (C=O) groups excluding carboxylic acids is 1. The number of rotatable bonds is 7. The van der Waals surface area contributed by atoms with Crippen LogP contribution in [0.4, 0.5) is 0 Å². The van der Waals surface area contributed by atoms with Crippen molar-refractivity contribution in [2.75, 3.05) is 13.2 Å². The van der Waals surface area contributed by atoms with Gasteiger partial charge >= 0.3 is 0 Å². The third kappa shape index (κ3) is 5.28. The van der Waals surface area contributed by atoms with E-state index >= 15 is 0 Å². The number of aryl methyl sites for hydroxylation is 1. The molecule has 0 aliphatic heterocycles. The standard InChI is InChI=1S/C21H21N3O3/c1-16-13-21(26)24(15-23-16)12-11-22-20(25)14-27-19-9-7-18(8-10-19)17-5-3-2-4-6-17/h2-10,13,15H,11-12,14H2,1H3,(H,22,25). The number of carbonyl (C=O) groups is 1. The van der Waals surface area contributed by atoms with Gasteiger partial charge in [-0.3, -0.25) is 14.2 Å². The highest BCUT2D eigenvalue weighted by Gasteiger charge is 2.04. The summed E-state index contributed by atoms with van der Waals surface area (Å²) in [6.07, 6.45) is 1.48. The van der Waals surface area contributed by atoms with Crippen molar-refractivity contribution in [1.29, 1.82) is 0 Å². The van der Waals surface area contributed by atoms with Crippen LogP contribution in [0.2, 0.25) is 0 Å². The fourth-order valence-electron chi connectivity index (χ4n) is 2.57. The summed E-state index contributed by atoms with van der Waals surface area (Å²) in [5.74, 6) is 0.388. The van der Waals surface area contributed by atoms with Gasteiger partial charge in [-0.25, -0.2) is 4.98 Å². The van der Waals surface area contributed by atoms with E-state index in [2.05, 4.69) is 10.3 Å². The van der Waals surface area contributed by atoms with Crippen molar-refractivity contribution >= 4 is 5.91 Å². The van der Waals surface area contributed by atoms with Crippen molar-refractivity contribution < 1.29 is 9.53 Å². The van der Waals surface area contributed by atoms with E-state index in [1.54, 1.807) is 6.92 Å². The number of hydrogen-bond acceptors (Lipinski definition) is 4. The lowest BCUT2D eigenvalue weighted by Gasteiger charge is -2.09. The third-order valence-corrected chi connectivity index (χ3v) is 4.02. The molecule has 0 saturated heterocycles. The van der Waals surface area contributed by atoms with Crippen LogP contribution in [0.3, 0.4) is 0 Å². The van der Waals surface area contributed by atoms with Crippen molar-refractivity contribution in [2.45, 2.75) is 13.5 Å². The maximum Gasteiger partial charge on any atom is 0.258 e. The summed E-state index contributed by atoms with van der Waals surface area (Å²) >= 11 is 0. The molecule has 3 rings (SSSR count). The topological polar surface area (TPSA) is 73.2 Å². The molecule has 0 saturated carbocycles. The first-order valence-corrected chi connectivity index (χ1v) is 8.70. The average Bonchev–Trinajstić information content (AvgIpc) is 2.69. The Kier molecular flexibility index (Phi) is 5.99. The van der Waals surface area contributed by atoms with Crippen molar-refractivity contribution in [3.05, 3.63) is 83.0 Å². The first-order valence-electron chi connectivity index (χ1n) is 8.70. The molecule has 0 fully saturated rings. The molecule has 1 heterocycles. The number of hydrogen-bond donors (Lipinski definition) is 1. The van der Waals surface area contributed by atoms with Gasteiger partial charge in [0.2, 0.25) is 0 Å². The van der Waals surface area contributed by atoms with Gasteiger partial charge in [-0.1, -0.05) is 42.5 Å². The first kappa shape index (κ1) is 18.4. The molecule has 3 aromatic rings. The van der Waals surface area contributed by atoms with E-state index in [1.165, 1.54) is 17.0 Å². The second-order valence-corrected chi connectivity index (χ2v) is 6.09. The summed E-state index contributed by atoms with van der Waals surface area (Å²) in [5.41, 5.74) is 2.76. The normalized spacial score (nSPS) is 10.4. The van der Waals surface area contributed by atoms with E-state index in [0.717, 1.165) is 11.1 Å². The Labute approximate surface area is 157 Å². The molecule has 138 valence electrons. The van der Waals surface area contributed by atoms with Crippen LogP contribution in [-0.4, -0.2) is 28.6 Å². The number of nitrogens with zero attached hydrogens (tertiary/aromatic N) is 2. The molecule has 0 spiro atoms. The second-order valence-electron chi connectivity index (χ2n) is 6.09. The van der Waals surface area contributed by atoms with E-state index < -0.39 is 0 Å². The van der Waals surface area contributed by atoms with Gasteiger partial charge < -0.3 is 10.1 Å². The lowest BCUT2D eigenvalue weighted by molar-refractivity contribution is -0.123. The van der Waals surface area contributed by atoms with Gasteiger partial charge in [-0.15, -0.1) is 0 Å². The maximum absolute atomic E-state index is 11.9. The second kappa shape index (κ2) is 8.80. The number of ether oxygens (including phenoxy) is 1. The molecule has 6 nitrogen and oxygen atoms in total. The molecule has 0 aliphatic rings. The zero-order valence-corrected chi connectivity index (χ0v) is 15.1. The minimum Gasteiger partial charge on any atom is -0.484 e. The van der Waals surface area contributed by atoms with Gasteiger partial charge in [0.15, 0.2) is 6.61 Å². The van der Waals surface area contributed by atoms with E-state index in [1.807, 2.05) is 54.6 Å². The van der Waals surface area contributed by atoms with Crippen LogP contribution in [0.25, 0.3) is 11.1 Å². The van der Waals surface area contributed by atoms with E-state index in [9.17, 15) is 9.59 Å². The van der Waals surface area contributed by atoms with Gasteiger partial charge in [0.25, 0.3) is 11.5 Å². The molecule has 0 unspecified atom stereocenters. The van der Waals surface area contributed by atoms with Gasteiger partial charge in [0.1, 0.15) is 5.75 Å². The van der Waals surface area contributed by atoms with Crippen LogP contribution in [0.15, 0.2) is 71.8 Å². The first-order chi connectivity index (χ1) is 13.1. The van der Waals surface area contributed by atoms with Crippen LogP contribution in [0.1, 0.15) is 5.69 Å². The Hall–Kier alpha value is -3.41. The molecule has 0 atom stereocenters. The van der Waals surface area contributed by atoms with Crippen LogP contribution >= 0.6 is 0 Å². The summed E-state index contributed by atoms with van der Waals surface area (Å²) in [4.78, 5) is 27.7. The molecule has 27 heavy (non-hydrogen) atoms. The smallest absolute Gasteiger partial charge is 0.258 e. The third-order valence-electron chi connectivity index (χ3n) is 4.02. The highest BCUT2D eigenvalue weighted by atomic mass is 16.5.